The van der Waals surface area contributed by atoms with Gasteiger partial charge in [0.2, 0.25) is 0 Å². The lowest BCUT2D eigenvalue weighted by Gasteiger charge is -2.18. The first kappa shape index (κ1) is 18.9. The number of hydrogen-bond acceptors (Lipinski definition) is 3. The predicted octanol–water partition coefficient (Wildman–Crippen LogP) is 3.96. The van der Waals surface area contributed by atoms with Gasteiger partial charge in [-0.1, -0.05) is 11.6 Å². The summed E-state index contributed by atoms with van der Waals surface area (Å²) in [7, 11) is 0. The Bertz CT molecular complexity index is 561. The van der Waals surface area contributed by atoms with Crippen molar-refractivity contribution >= 4 is 23.2 Å². The fourth-order valence-electron chi connectivity index (χ4n) is 2.52. The van der Waals surface area contributed by atoms with Crippen LogP contribution in [0.1, 0.15) is 29.6 Å². The summed E-state index contributed by atoms with van der Waals surface area (Å²) < 4.78 is 40.4. The van der Waals surface area contributed by atoms with Crippen molar-refractivity contribution in [2.45, 2.75) is 25.4 Å². The van der Waals surface area contributed by atoms with Crippen molar-refractivity contribution in [3.05, 3.63) is 28.8 Å². The zero-order valence-electron chi connectivity index (χ0n) is 13.2. The Morgan fingerprint density at radius 3 is 2.67 bits per heavy atom. The lowest BCUT2D eigenvalue weighted by Crippen LogP contribution is -2.28. The summed E-state index contributed by atoms with van der Waals surface area (Å²) >= 11 is 5.99. The number of nitrogens with zero attached hydrogens (tertiary/aromatic N) is 1. The van der Waals surface area contributed by atoms with Crippen molar-refractivity contribution in [3.63, 3.8) is 0 Å². The molecule has 1 aromatic rings. The van der Waals surface area contributed by atoms with E-state index >= 15 is 0 Å². The second kappa shape index (κ2) is 8.58. The zero-order chi connectivity index (χ0) is 17.6. The molecule has 2 rings (SSSR count). The van der Waals surface area contributed by atoms with Gasteiger partial charge in [-0.05, 0) is 37.5 Å². The van der Waals surface area contributed by atoms with Gasteiger partial charge in [0.05, 0.1) is 5.56 Å². The van der Waals surface area contributed by atoms with Crippen LogP contribution in [0.5, 0.6) is 0 Å². The van der Waals surface area contributed by atoms with Crippen molar-refractivity contribution in [1.29, 1.82) is 0 Å². The molecule has 134 valence electrons. The maximum Gasteiger partial charge on any atom is 0.411 e. The molecule has 0 radical (unpaired) electrons. The fourth-order valence-corrected chi connectivity index (χ4v) is 2.70. The Morgan fingerprint density at radius 1 is 1.29 bits per heavy atom. The molecule has 0 unspecified atom stereocenters. The van der Waals surface area contributed by atoms with Gasteiger partial charge >= 0.3 is 6.18 Å². The Hall–Kier alpha value is -1.47. The van der Waals surface area contributed by atoms with Crippen LogP contribution in [0.3, 0.4) is 0 Å². The molecule has 1 fully saturated rings. The fraction of sp³-hybridized carbons (Fsp3) is 0.562. The summed E-state index contributed by atoms with van der Waals surface area (Å²) in [6, 6.07) is 5.00. The van der Waals surface area contributed by atoms with E-state index in [-0.39, 0.29) is 12.5 Å². The topological polar surface area (TPSA) is 41.6 Å². The standard InChI is InChI=1S/C16H20ClF3N2O2/c17-12-4-5-14(21-6-3-9-24-11-16(18,19)20)13(10-12)15(23)22-7-1-2-8-22/h4-5,10,21H,1-3,6-9,11H2. The van der Waals surface area contributed by atoms with Crippen molar-refractivity contribution in [1.82, 2.24) is 4.90 Å². The van der Waals surface area contributed by atoms with Crippen LogP contribution >= 0.6 is 11.6 Å². The highest BCUT2D eigenvalue weighted by Gasteiger charge is 2.27. The lowest BCUT2D eigenvalue weighted by atomic mass is 10.1. The Balaban J connectivity index is 1.87. The molecular weight excluding hydrogens is 345 g/mol. The minimum atomic E-state index is -4.31. The average molecular weight is 365 g/mol. The minimum Gasteiger partial charge on any atom is -0.384 e. The predicted molar refractivity (Wildman–Crippen MR) is 86.6 cm³/mol. The number of carbonyl (C=O) groups is 1. The Labute approximate surface area is 143 Å². The number of hydrogen-bond donors (Lipinski definition) is 1. The number of likely N-dealkylation sites (tertiary alicyclic amines) is 1. The first-order valence-electron chi connectivity index (χ1n) is 7.84. The third-order valence-corrected chi connectivity index (χ3v) is 3.89. The highest BCUT2D eigenvalue weighted by atomic mass is 35.5. The first-order valence-corrected chi connectivity index (χ1v) is 8.22. The molecule has 1 heterocycles. The quantitative estimate of drug-likeness (QED) is 0.745. The summed E-state index contributed by atoms with van der Waals surface area (Å²) in [6.07, 6.45) is -1.92. The molecule has 0 bridgehead atoms. The Morgan fingerprint density at radius 2 is 2.00 bits per heavy atom. The zero-order valence-corrected chi connectivity index (χ0v) is 13.9. The van der Waals surface area contributed by atoms with E-state index in [0.717, 1.165) is 25.9 Å². The molecule has 0 aromatic heterocycles. The van der Waals surface area contributed by atoms with Gasteiger partial charge in [-0.25, -0.2) is 0 Å². The number of amides is 1. The number of rotatable bonds is 7. The summed E-state index contributed by atoms with van der Waals surface area (Å²) in [5, 5.41) is 3.54. The number of halogens is 4. The van der Waals surface area contributed by atoms with Gasteiger partial charge in [0.25, 0.3) is 5.91 Å². The van der Waals surface area contributed by atoms with Crippen LogP contribution < -0.4 is 5.32 Å². The normalized spacial score (nSPS) is 14.9. The van der Waals surface area contributed by atoms with E-state index in [9.17, 15) is 18.0 Å². The molecule has 4 nitrogen and oxygen atoms in total. The van der Waals surface area contributed by atoms with E-state index in [1.807, 2.05) is 0 Å². The number of ether oxygens (including phenoxy) is 1. The molecule has 1 N–H and O–H groups in total. The van der Waals surface area contributed by atoms with Crippen molar-refractivity contribution in [2.75, 3.05) is 38.2 Å². The van der Waals surface area contributed by atoms with Crippen molar-refractivity contribution in [3.8, 4) is 0 Å². The smallest absolute Gasteiger partial charge is 0.384 e. The van der Waals surface area contributed by atoms with Crippen LogP contribution in [0.15, 0.2) is 18.2 Å². The third kappa shape index (κ3) is 5.87. The number of anilines is 1. The first-order chi connectivity index (χ1) is 11.4. The van der Waals surface area contributed by atoms with E-state index in [0.29, 0.717) is 29.2 Å². The van der Waals surface area contributed by atoms with Gasteiger partial charge in [-0.2, -0.15) is 13.2 Å². The van der Waals surface area contributed by atoms with Crippen LogP contribution in [0.25, 0.3) is 0 Å². The molecule has 0 aliphatic carbocycles. The van der Waals surface area contributed by atoms with Crippen LogP contribution in [0.2, 0.25) is 5.02 Å². The third-order valence-electron chi connectivity index (χ3n) is 3.65. The lowest BCUT2D eigenvalue weighted by molar-refractivity contribution is -0.173. The van der Waals surface area contributed by atoms with Gasteiger partial charge in [0.15, 0.2) is 0 Å². The molecule has 1 amide bonds. The highest BCUT2D eigenvalue weighted by molar-refractivity contribution is 6.31. The SMILES string of the molecule is O=C(c1cc(Cl)ccc1NCCCOCC(F)(F)F)N1CCCC1. The maximum atomic E-state index is 12.5. The average Bonchev–Trinajstić information content (AvgIpc) is 3.04. The number of carbonyl (C=O) groups excluding carboxylic acids is 1. The second-order valence-corrected chi connectivity index (χ2v) is 6.07. The maximum absolute atomic E-state index is 12.5. The van der Waals surface area contributed by atoms with Gasteiger partial charge in [-0.15, -0.1) is 0 Å². The molecule has 1 aliphatic rings. The monoisotopic (exact) mass is 364 g/mol. The van der Waals surface area contributed by atoms with Crippen LogP contribution in [0, 0.1) is 0 Å². The molecule has 0 saturated carbocycles. The molecule has 0 atom stereocenters. The van der Waals surface area contributed by atoms with Crippen LogP contribution in [-0.4, -0.2) is 49.8 Å². The molecule has 1 aliphatic heterocycles. The highest BCUT2D eigenvalue weighted by Crippen LogP contribution is 2.24. The summed E-state index contributed by atoms with van der Waals surface area (Å²) in [5.41, 5.74) is 1.12. The van der Waals surface area contributed by atoms with Gasteiger partial charge < -0.3 is 15.0 Å². The van der Waals surface area contributed by atoms with Gasteiger partial charge in [0, 0.05) is 37.0 Å². The molecule has 1 aromatic carbocycles. The van der Waals surface area contributed by atoms with Gasteiger partial charge in [0.1, 0.15) is 6.61 Å². The van der Waals surface area contributed by atoms with Crippen LogP contribution in [0.4, 0.5) is 18.9 Å². The number of benzene rings is 1. The van der Waals surface area contributed by atoms with Crippen molar-refractivity contribution < 1.29 is 22.7 Å². The van der Waals surface area contributed by atoms with Crippen LogP contribution in [-0.2, 0) is 4.74 Å². The molecule has 24 heavy (non-hydrogen) atoms. The van der Waals surface area contributed by atoms with E-state index in [2.05, 4.69) is 10.1 Å². The molecule has 1 saturated heterocycles. The van der Waals surface area contributed by atoms with Crippen molar-refractivity contribution in [2.24, 2.45) is 0 Å². The number of alkyl halides is 3. The minimum absolute atomic E-state index is 0.00446. The van der Waals surface area contributed by atoms with Gasteiger partial charge in [-0.3, -0.25) is 4.79 Å². The summed E-state index contributed by atoms with van der Waals surface area (Å²) in [5.74, 6) is -0.0779. The Kier molecular flexibility index (Phi) is 6.74. The van der Waals surface area contributed by atoms with E-state index < -0.39 is 12.8 Å². The largest absolute Gasteiger partial charge is 0.411 e. The molecule has 0 spiro atoms. The number of nitrogens with one attached hydrogen (secondary N) is 1. The van der Waals surface area contributed by atoms with E-state index in [1.165, 1.54) is 0 Å². The van der Waals surface area contributed by atoms with E-state index in [1.54, 1.807) is 23.1 Å². The molecular formula is C16H20ClF3N2O2. The summed E-state index contributed by atoms with van der Waals surface area (Å²) in [4.78, 5) is 14.3. The van der Waals surface area contributed by atoms with E-state index in [4.69, 9.17) is 11.6 Å². The second-order valence-electron chi connectivity index (χ2n) is 5.64. The summed E-state index contributed by atoms with van der Waals surface area (Å²) in [6.45, 7) is 0.619. The molecule has 8 heteroatoms.